The number of methoxy groups -OCH3 is 1. The van der Waals surface area contributed by atoms with Gasteiger partial charge in [0.15, 0.2) is 5.60 Å². The molecule has 11 heteroatoms. The van der Waals surface area contributed by atoms with Gasteiger partial charge in [0.1, 0.15) is 5.75 Å². The van der Waals surface area contributed by atoms with Crippen LogP contribution in [0, 0.1) is 5.92 Å². The number of benzene rings is 1. The van der Waals surface area contributed by atoms with Crippen molar-refractivity contribution in [3.05, 3.63) is 48.3 Å². The van der Waals surface area contributed by atoms with E-state index in [0.29, 0.717) is 82.3 Å². The van der Waals surface area contributed by atoms with E-state index < -0.39 is 11.0 Å². The van der Waals surface area contributed by atoms with E-state index in [1.807, 2.05) is 12.1 Å². The average molecular weight is 580 g/mol. The van der Waals surface area contributed by atoms with Gasteiger partial charge in [0.25, 0.3) is 5.91 Å². The van der Waals surface area contributed by atoms with Crippen LogP contribution in [-0.4, -0.2) is 80.9 Å². The Morgan fingerprint density at radius 1 is 1.14 bits per heavy atom. The summed E-state index contributed by atoms with van der Waals surface area (Å²) in [7, 11) is 1.63. The summed E-state index contributed by atoms with van der Waals surface area (Å²) >= 11 is 0. The highest BCUT2D eigenvalue weighted by Crippen LogP contribution is 2.40. The Morgan fingerprint density at radius 2 is 1.90 bits per heavy atom. The molecule has 42 heavy (non-hydrogen) atoms. The number of carbonyl (C=O) groups is 3. The maximum absolute atomic E-state index is 13.7. The molecule has 3 aliphatic heterocycles. The predicted molar refractivity (Wildman–Crippen MR) is 158 cm³/mol. The van der Waals surface area contributed by atoms with E-state index in [4.69, 9.17) is 14.2 Å². The predicted octanol–water partition coefficient (Wildman–Crippen LogP) is 2.40. The zero-order valence-corrected chi connectivity index (χ0v) is 24.6. The molecule has 0 saturated carbocycles. The first-order valence-corrected chi connectivity index (χ1v) is 14.7. The fraction of sp³-hybridized carbons (Fsp3) is 0.548. The van der Waals surface area contributed by atoms with Crippen molar-refractivity contribution >= 4 is 29.1 Å². The molecule has 1 unspecified atom stereocenters. The molecular formula is C31H41N5O6. The molecule has 1 aromatic heterocycles. The molecule has 4 heterocycles. The van der Waals surface area contributed by atoms with Crippen molar-refractivity contribution < 1.29 is 28.6 Å². The number of pyridine rings is 1. The van der Waals surface area contributed by atoms with Crippen LogP contribution in [0.3, 0.4) is 0 Å². The van der Waals surface area contributed by atoms with Crippen LogP contribution < -0.4 is 25.6 Å². The number of rotatable bonds is 9. The summed E-state index contributed by atoms with van der Waals surface area (Å²) in [5.41, 5.74) is 0.474. The number of nitrogens with zero attached hydrogens (tertiary/aromatic N) is 2. The molecule has 3 N–H and O–H groups in total. The van der Waals surface area contributed by atoms with Gasteiger partial charge >= 0.3 is 0 Å². The molecule has 3 amide bonds. The lowest BCUT2D eigenvalue weighted by molar-refractivity contribution is -0.133. The van der Waals surface area contributed by atoms with Crippen LogP contribution in [-0.2, 0) is 29.3 Å². The number of aromatic nitrogens is 1. The van der Waals surface area contributed by atoms with Gasteiger partial charge in [-0.05, 0) is 75.4 Å². The van der Waals surface area contributed by atoms with Gasteiger partial charge in [-0.1, -0.05) is 0 Å². The van der Waals surface area contributed by atoms with E-state index in [2.05, 4.69) is 20.9 Å². The second-order valence-electron chi connectivity index (χ2n) is 11.8. The minimum absolute atomic E-state index is 0.0410. The lowest BCUT2D eigenvalue weighted by atomic mass is 9.73. The average Bonchev–Trinajstić information content (AvgIpc) is 3.00. The van der Waals surface area contributed by atoms with Crippen LogP contribution in [0.4, 0.5) is 11.4 Å². The van der Waals surface area contributed by atoms with Crippen molar-refractivity contribution in [1.82, 2.24) is 15.6 Å². The van der Waals surface area contributed by atoms with E-state index >= 15 is 0 Å². The summed E-state index contributed by atoms with van der Waals surface area (Å²) in [6, 6.07) is 8.96. The first-order valence-electron chi connectivity index (χ1n) is 14.7. The van der Waals surface area contributed by atoms with E-state index in [1.165, 1.54) is 0 Å². The van der Waals surface area contributed by atoms with Crippen molar-refractivity contribution in [2.45, 2.75) is 56.6 Å². The quantitative estimate of drug-likeness (QED) is 0.386. The molecule has 226 valence electrons. The number of nitrogens with one attached hydrogen (secondary N) is 3. The largest absolute Gasteiger partial charge is 0.476 e. The Hall–Kier alpha value is -3.54. The first-order chi connectivity index (χ1) is 20.2. The van der Waals surface area contributed by atoms with Crippen molar-refractivity contribution in [2.75, 3.05) is 56.8 Å². The van der Waals surface area contributed by atoms with Gasteiger partial charge in [0.05, 0.1) is 17.0 Å². The standard InChI is InChI=1S/C31H41N5O6/c1-30(2)29(39)36(13-4-14-40-3)25-18-23(5-6-26(25)42-30)34-27(37)21-17-24(20-33-19-21)35-28(38)31(9-15-41-16-10-31)22-7-11-32-12-8-22/h5-8,11-12,18,21,24,33H,4,9-10,13-17,19-20H2,1-3H3,(H,34,37)(H,35,38)/t21-,24?/m1/s1. The maximum atomic E-state index is 13.7. The summed E-state index contributed by atoms with van der Waals surface area (Å²) in [6.45, 7) is 6.64. The summed E-state index contributed by atoms with van der Waals surface area (Å²) < 4.78 is 16.7. The molecule has 1 aromatic carbocycles. The Balaban J connectivity index is 1.25. The Morgan fingerprint density at radius 3 is 2.64 bits per heavy atom. The Bertz CT molecular complexity index is 1280. The summed E-state index contributed by atoms with van der Waals surface area (Å²) in [6.07, 6.45) is 5.80. The molecule has 2 fully saturated rings. The summed E-state index contributed by atoms with van der Waals surface area (Å²) in [4.78, 5) is 46.1. The summed E-state index contributed by atoms with van der Waals surface area (Å²) in [5.74, 6) is -0.0836. The zero-order chi connectivity index (χ0) is 29.7. The third-order valence-electron chi connectivity index (χ3n) is 8.44. The highest BCUT2D eigenvalue weighted by Gasteiger charge is 2.43. The van der Waals surface area contributed by atoms with Gasteiger partial charge in [-0.15, -0.1) is 0 Å². The molecule has 2 saturated heterocycles. The van der Waals surface area contributed by atoms with Crippen molar-refractivity contribution in [3.8, 4) is 5.75 Å². The van der Waals surface area contributed by atoms with Crippen LogP contribution in [0.2, 0.25) is 0 Å². The monoisotopic (exact) mass is 579 g/mol. The molecule has 5 rings (SSSR count). The van der Waals surface area contributed by atoms with E-state index in [1.54, 1.807) is 56.4 Å². The van der Waals surface area contributed by atoms with E-state index in [-0.39, 0.29) is 29.7 Å². The van der Waals surface area contributed by atoms with Gasteiger partial charge in [0, 0.05) is 70.7 Å². The molecule has 2 aromatic rings. The number of ether oxygens (including phenoxy) is 3. The number of carbonyl (C=O) groups excluding carboxylic acids is 3. The highest BCUT2D eigenvalue weighted by molar-refractivity contribution is 6.03. The van der Waals surface area contributed by atoms with Crippen LogP contribution in [0.5, 0.6) is 5.75 Å². The normalized spacial score (nSPS) is 22.9. The lowest BCUT2D eigenvalue weighted by Crippen LogP contribution is -2.56. The van der Waals surface area contributed by atoms with Crippen LogP contribution in [0.1, 0.15) is 45.1 Å². The first kappa shape index (κ1) is 29.9. The number of hydrogen-bond donors (Lipinski definition) is 3. The van der Waals surface area contributed by atoms with Gasteiger partial charge in [-0.25, -0.2) is 0 Å². The number of piperidine rings is 1. The molecular weight excluding hydrogens is 538 g/mol. The molecule has 3 aliphatic rings. The lowest BCUT2D eigenvalue weighted by Gasteiger charge is -2.39. The van der Waals surface area contributed by atoms with E-state index in [9.17, 15) is 14.4 Å². The van der Waals surface area contributed by atoms with Crippen molar-refractivity contribution in [1.29, 1.82) is 0 Å². The molecule has 0 spiro atoms. The van der Waals surface area contributed by atoms with Gasteiger partial charge in [-0.3, -0.25) is 19.4 Å². The third-order valence-corrected chi connectivity index (χ3v) is 8.44. The third kappa shape index (κ3) is 6.28. The van der Waals surface area contributed by atoms with E-state index in [0.717, 1.165) is 5.56 Å². The van der Waals surface area contributed by atoms with Crippen molar-refractivity contribution in [3.63, 3.8) is 0 Å². The second-order valence-corrected chi connectivity index (χ2v) is 11.8. The Kier molecular flexibility index (Phi) is 9.10. The number of fused-ring (bicyclic) bond motifs is 1. The number of amides is 3. The fourth-order valence-corrected chi connectivity index (χ4v) is 6.09. The van der Waals surface area contributed by atoms with Crippen LogP contribution in [0.25, 0.3) is 0 Å². The zero-order valence-electron chi connectivity index (χ0n) is 24.6. The minimum Gasteiger partial charge on any atom is -0.476 e. The second kappa shape index (κ2) is 12.8. The van der Waals surface area contributed by atoms with Gasteiger partial charge in [-0.2, -0.15) is 0 Å². The topological polar surface area (TPSA) is 131 Å². The van der Waals surface area contributed by atoms with Crippen molar-refractivity contribution in [2.24, 2.45) is 5.92 Å². The van der Waals surface area contributed by atoms with Crippen LogP contribution >= 0.6 is 0 Å². The SMILES string of the molecule is COCCCN1C(=O)C(C)(C)Oc2ccc(NC(=O)[C@H]3CNCC(NC(=O)C4(c5ccncc5)CCOCC4)C3)cc21. The molecule has 11 nitrogen and oxygen atoms in total. The minimum atomic E-state index is -0.987. The molecule has 0 aliphatic carbocycles. The number of anilines is 2. The van der Waals surface area contributed by atoms with Crippen LogP contribution in [0.15, 0.2) is 42.7 Å². The number of hydrogen-bond acceptors (Lipinski definition) is 8. The summed E-state index contributed by atoms with van der Waals surface area (Å²) in [5, 5.41) is 9.57. The molecule has 0 radical (unpaired) electrons. The Labute approximate surface area is 246 Å². The maximum Gasteiger partial charge on any atom is 0.270 e. The van der Waals surface area contributed by atoms with Gasteiger partial charge < -0.3 is 35.1 Å². The highest BCUT2D eigenvalue weighted by atomic mass is 16.5. The molecule has 0 bridgehead atoms. The fourth-order valence-electron chi connectivity index (χ4n) is 6.09. The molecule has 2 atom stereocenters. The van der Waals surface area contributed by atoms with Gasteiger partial charge in [0.2, 0.25) is 11.8 Å². The smallest absolute Gasteiger partial charge is 0.270 e.